The van der Waals surface area contributed by atoms with E-state index in [0.29, 0.717) is 10.7 Å². The van der Waals surface area contributed by atoms with Crippen molar-refractivity contribution in [2.45, 2.75) is 44.8 Å². The Balaban J connectivity index is 2.41. The van der Waals surface area contributed by atoms with E-state index < -0.39 is 0 Å². The van der Waals surface area contributed by atoms with Crippen LogP contribution < -0.4 is 0 Å². The van der Waals surface area contributed by atoms with Crippen LogP contribution in [0.15, 0.2) is 0 Å². The van der Waals surface area contributed by atoms with Crippen LogP contribution in [0, 0.1) is 5.41 Å². The van der Waals surface area contributed by atoms with Gasteiger partial charge in [0.2, 0.25) is 0 Å². The molecule has 0 aliphatic heterocycles. The highest BCUT2D eigenvalue weighted by Gasteiger charge is 2.25. The van der Waals surface area contributed by atoms with Crippen molar-refractivity contribution < 1.29 is 0 Å². The van der Waals surface area contributed by atoms with Crippen molar-refractivity contribution in [2.24, 2.45) is 5.41 Å². The predicted octanol–water partition coefficient (Wildman–Crippen LogP) is 2.89. The molecule has 1 aliphatic carbocycles. The van der Waals surface area contributed by atoms with Crippen LogP contribution in [-0.4, -0.2) is 5.25 Å². The van der Waals surface area contributed by atoms with Gasteiger partial charge < -0.3 is 0 Å². The Kier molecular flexibility index (Phi) is 2.10. The second-order valence-electron chi connectivity index (χ2n) is 3.91. The molecule has 0 aromatic heterocycles. The molecule has 54 valence electrons. The summed E-state index contributed by atoms with van der Waals surface area (Å²) in [6.07, 6.45) is 5.40. The zero-order valence-corrected chi connectivity index (χ0v) is 7.25. The molecule has 0 spiro atoms. The molecular weight excluding hydrogens is 128 g/mol. The Morgan fingerprint density at radius 1 is 1.44 bits per heavy atom. The van der Waals surface area contributed by atoms with Gasteiger partial charge in [-0.3, -0.25) is 0 Å². The fraction of sp³-hybridized carbons (Fsp3) is 1.00. The average Bonchev–Trinajstić information content (AvgIpc) is 1.60. The number of hydrogen-bond acceptors (Lipinski definition) is 1. The largest absolute Gasteiger partial charge is 0.176 e. The third kappa shape index (κ3) is 2.21. The van der Waals surface area contributed by atoms with E-state index >= 15 is 0 Å². The first-order chi connectivity index (χ1) is 4.10. The molecule has 0 aromatic carbocycles. The lowest BCUT2D eigenvalue weighted by Gasteiger charge is -2.32. The van der Waals surface area contributed by atoms with Gasteiger partial charge in [0.05, 0.1) is 0 Å². The van der Waals surface area contributed by atoms with Crippen molar-refractivity contribution in [3.8, 4) is 0 Å². The number of hydrogen-bond donors (Lipinski definition) is 1. The summed E-state index contributed by atoms with van der Waals surface area (Å²) in [6, 6.07) is 0. The molecule has 1 heteroatoms. The summed E-state index contributed by atoms with van der Waals surface area (Å²) < 4.78 is 0. The van der Waals surface area contributed by atoms with Gasteiger partial charge in [-0.15, -0.1) is 0 Å². The van der Waals surface area contributed by atoms with Gasteiger partial charge in [-0.2, -0.15) is 12.6 Å². The molecular formula is C8H16S. The van der Waals surface area contributed by atoms with Gasteiger partial charge in [-0.1, -0.05) is 20.3 Å². The molecule has 1 fully saturated rings. The third-order valence-corrected chi connectivity index (χ3v) is 2.62. The van der Waals surface area contributed by atoms with Gasteiger partial charge in [-0.25, -0.2) is 0 Å². The van der Waals surface area contributed by atoms with Crippen molar-refractivity contribution >= 4 is 12.6 Å². The van der Waals surface area contributed by atoms with Crippen LogP contribution in [0.2, 0.25) is 0 Å². The number of rotatable bonds is 0. The minimum Gasteiger partial charge on any atom is -0.176 e. The minimum absolute atomic E-state index is 0.574. The van der Waals surface area contributed by atoms with Gasteiger partial charge in [0.25, 0.3) is 0 Å². The molecule has 0 amide bonds. The predicted molar refractivity (Wildman–Crippen MR) is 45.0 cm³/mol. The lowest BCUT2D eigenvalue weighted by Crippen LogP contribution is -2.22. The topological polar surface area (TPSA) is 0 Å². The lowest BCUT2D eigenvalue weighted by atomic mass is 9.77. The van der Waals surface area contributed by atoms with Crippen LogP contribution in [0.3, 0.4) is 0 Å². The highest BCUT2D eigenvalue weighted by atomic mass is 32.1. The van der Waals surface area contributed by atoms with Crippen LogP contribution in [0.4, 0.5) is 0 Å². The normalized spacial score (nSPS) is 34.3. The maximum atomic E-state index is 4.47. The van der Waals surface area contributed by atoms with E-state index in [1.807, 2.05) is 0 Å². The summed E-state index contributed by atoms with van der Waals surface area (Å²) in [4.78, 5) is 0. The van der Waals surface area contributed by atoms with Crippen LogP contribution >= 0.6 is 12.6 Å². The van der Waals surface area contributed by atoms with Gasteiger partial charge in [0, 0.05) is 5.25 Å². The van der Waals surface area contributed by atoms with Crippen LogP contribution in [0.25, 0.3) is 0 Å². The second kappa shape index (κ2) is 2.53. The first kappa shape index (κ1) is 7.46. The first-order valence-corrected chi connectivity index (χ1v) is 4.30. The third-order valence-electron chi connectivity index (χ3n) is 2.18. The minimum atomic E-state index is 0.574. The van der Waals surface area contributed by atoms with E-state index in [1.54, 1.807) is 0 Å². The summed E-state index contributed by atoms with van der Waals surface area (Å²) >= 11 is 4.47. The lowest BCUT2D eigenvalue weighted by molar-refractivity contribution is 0.251. The summed E-state index contributed by atoms with van der Waals surface area (Å²) in [7, 11) is 0. The van der Waals surface area contributed by atoms with Gasteiger partial charge in [-0.05, 0) is 24.7 Å². The Morgan fingerprint density at radius 2 is 2.11 bits per heavy atom. The highest BCUT2D eigenvalue weighted by Crippen LogP contribution is 2.36. The highest BCUT2D eigenvalue weighted by molar-refractivity contribution is 7.80. The van der Waals surface area contributed by atoms with Crippen molar-refractivity contribution in [1.29, 1.82) is 0 Å². The zero-order chi connectivity index (χ0) is 6.91. The molecule has 1 aliphatic rings. The average molecular weight is 144 g/mol. The van der Waals surface area contributed by atoms with Crippen molar-refractivity contribution in [1.82, 2.24) is 0 Å². The van der Waals surface area contributed by atoms with E-state index in [2.05, 4.69) is 26.5 Å². The molecule has 0 saturated heterocycles. The summed E-state index contributed by atoms with van der Waals surface area (Å²) in [5.74, 6) is 0. The Labute approximate surface area is 63.4 Å². The zero-order valence-electron chi connectivity index (χ0n) is 6.35. The first-order valence-electron chi connectivity index (χ1n) is 3.78. The van der Waals surface area contributed by atoms with Crippen molar-refractivity contribution in [3.63, 3.8) is 0 Å². The van der Waals surface area contributed by atoms with E-state index in [-0.39, 0.29) is 0 Å². The van der Waals surface area contributed by atoms with Gasteiger partial charge in [0.1, 0.15) is 0 Å². The Hall–Kier alpha value is 0.350. The molecule has 1 atom stereocenters. The molecule has 0 radical (unpaired) electrons. The van der Waals surface area contributed by atoms with Gasteiger partial charge in [0.15, 0.2) is 0 Å². The summed E-state index contributed by atoms with van der Waals surface area (Å²) in [5, 5.41) is 0.675. The fourth-order valence-electron chi connectivity index (χ4n) is 1.66. The molecule has 0 N–H and O–H groups in total. The van der Waals surface area contributed by atoms with Crippen LogP contribution in [0.5, 0.6) is 0 Å². The van der Waals surface area contributed by atoms with E-state index in [4.69, 9.17) is 0 Å². The molecule has 9 heavy (non-hydrogen) atoms. The Bertz CT molecular complexity index is 96.7. The van der Waals surface area contributed by atoms with E-state index in [0.717, 1.165) is 0 Å². The molecule has 0 bridgehead atoms. The monoisotopic (exact) mass is 144 g/mol. The maximum absolute atomic E-state index is 4.47. The molecule has 0 nitrogen and oxygen atoms in total. The summed E-state index contributed by atoms with van der Waals surface area (Å²) in [6.45, 7) is 4.69. The van der Waals surface area contributed by atoms with E-state index in [9.17, 15) is 0 Å². The van der Waals surface area contributed by atoms with Crippen molar-refractivity contribution in [3.05, 3.63) is 0 Å². The fourth-order valence-corrected chi connectivity index (χ4v) is 2.34. The maximum Gasteiger partial charge on any atom is 0.00218 e. The van der Waals surface area contributed by atoms with Gasteiger partial charge >= 0.3 is 0 Å². The smallest absolute Gasteiger partial charge is 0.00218 e. The quantitative estimate of drug-likeness (QED) is 0.497. The molecule has 1 saturated carbocycles. The standard InChI is InChI=1S/C8H16S/c1-8(2)5-3-4-7(9)6-8/h7,9H,3-6H2,1-2H3. The molecule has 0 heterocycles. The SMILES string of the molecule is CC1(C)CCCC(S)C1. The van der Waals surface area contributed by atoms with Crippen LogP contribution in [-0.2, 0) is 0 Å². The molecule has 1 rings (SSSR count). The second-order valence-corrected chi connectivity index (χ2v) is 4.64. The summed E-state index contributed by atoms with van der Waals surface area (Å²) in [5.41, 5.74) is 0.574. The van der Waals surface area contributed by atoms with E-state index in [1.165, 1.54) is 25.7 Å². The van der Waals surface area contributed by atoms with Crippen molar-refractivity contribution in [2.75, 3.05) is 0 Å². The number of thiol groups is 1. The molecule has 0 aromatic rings. The molecule has 1 unspecified atom stereocenters. The van der Waals surface area contributed by atoms with Crippen LogP contribution in [0.1, 0.15) is 39.5 Å². The Morgan fingerprint density at radius 3 is 2.44 bits per heavy atom.